The van der Waals surface area contributed by atoms with Crippen molar-refractivity contribution < 1.29 is 13.2 Å². The van der Waals surface area contributed by atoms with Gasteiger partial charge < -0.3 is 10.1 Å². The maximum absolute atomic E-state index is 11.3. The lowest BCUT2D eigenvalue weighted by Crippen LogP contribution is -2.17. The van der Waals surface area contributed by atoms with Gasteiger partial charge in [0, 0.05) is 18.5 Å². The molecule has 0 aliphatic carbocycles. The zero-order chi connectivity index (χ0) is 12.0. The summed E-state index contributed by atoms with van der Waals surface area (Å²) in [6.07, 6.45) is 1.62. The fourth-order valence-electron chi connectivity index (χ4n) is 1.16. The number of nitrogens with zero attached hydrogens (tertiary/aromatic N) is 1. The van der Waals surface area contributed by atoms with E-state index in [4.69, 9.17) is 4.74 Å². The van der Waals surface area contributed by atoms with Gasteiger partial charge in [-0.3, -0.25) is 0 Å². The van der Waals surface area contributed by atoms with Crippen LogP contribution in [0.2, 0.25) is 0 Å². The predicted molar refractivity (Wildman–Crippen MR) is 63.6 cm³/mol. The van der Waals surface area contributed by atoms with Crippen LogP contribution in [0.4, 0.5) is 5.82 Å². The molecule has 0 atom stereocenters. The molecule has 6 heteroatoms. The average molecular weight is 244 g/mol. The second-order valence-corrected chi connectivity index (χ2v) is 5.69. The Bertz CT molecular complexity index is 431. The fraction of sp³-hybridized carbons (Fsp3) is 0.500. The van der Waals surface area contributed by atoms with E-state index in [0.29, 0.717) is 18.1 Å². The quantitative estimate of drug-likeness (QED) is 0.806. The molecule has 0 spiro atoms. The summed E-state index contributed by atoms with van der Waals surface area (Å²) in [7, 11) is -1.39. The van der Waals surface area contributed by atoms with E-state index in [-0.39, 0.29) is 11.5 Å². The molecule has 0 aliphatic rings. The number of anilines is 1. The number of methoxy groups -OCH3 is 1. The van der Waals surface area contributed by atoms with Crippen molar-refractivity contribution in [3.8, 4) is 5.75 Å². The Morgan fingerprint density at radius 3 is 2.88 bits per heavy atom. The highest BCUT2D eigenvalue weighted by atomic mass is 32.2. The minimum atomic E-state index is -2.94. The van der Waals surface area contributed by atoms with Crippen LogP contribution >= 0.6 is 0 Å². The molecule has 1 heterocycles. The number of sulfone groups is 1. The van der Waals surface area contributed by atoms with E-state index < -0.39 is 9.84 Å². The number of rotatable bonds is 6. The zero-order valence-corrected chi connectivity index (χ0v) is 10.3. The van der Waals surface area contributed by atoms with Gasteiger partial charge in [0.2, 0.25) is 0 Å². The van der Waals surface area contributed by atoms with Crippen molar-refractivity contribution in [2.75, 3.05) is 30.5 Å². The lowest BCUT2D eigenvalue weighted by Gasteiger charge is -2.09. The van der Waals surface area contributed by atoms with Crippen LogP contribution in [0.15, 0.2) is 18.3 Å². The van der Waals surface area contributed by atoms with Crippen LogP contribution in [0.5, 0.6) is 5.75 Å². The second kappa shape index (κ2) is 5.69. The van der Waals surface area contributed by atoms with Gasteiger partial charge in [-0.15, -0.1) is 0 Å². The van der Waals surface area contributed by atoms with Crippen molar-refractivity contribution in [3.05, 3.63) is 18.3 Å². The van der Waals surface area contributed by atoms with Gasteiger partial charge >= 0.3 is 0 Å². The molecule has 0 aromatic carbocycles. The molecule has 1 rings (SSSR count). The summed E-state index contributed by atoms with van der Waals surface area (Å²) in [4.78, 5) is 4.06. The Balaban J connectivity index is 2.55. The number of pyridine rings is 1. The van der Waals surface area contributed by atoms with Crippen molar-refractivity contribution in [1.29, 1.82) is 0 Å². The van der Waals surface area contributed by atoms with Crippen molar-refractivity contribution in [2.45, 2.75) is 6.92 Å². The fourth-order valence-corrected chi connectivity index (χ4v) is 1.86. The zero-order valence-electron chi connectivity index (χ0n) is 9.43. The largest absolute Gasteiger partial charge is 0.493 e. The summed E-state index contributed by atoms with van der Waals surface area (Å²) < 4.78 is 27.6. The third-order valence-corrected chi connectivity index (χ3v) is 3.84. The molecule has 1 N–H and O–H groups in total. The summed E-state index contributed by atoms with van der Waals surface area (Å²) >= 11 is 0. The molecule has 90 valence electrons. The minimum Gasteiger partial charge on any atom is -0.493 e. The van der Waals surface area contributed by atoms with Crippen molar-refractivity contribution in [3.63, 3.8) is 0 Å². The minimum absolute atomic E-state index is 0.100. The van der Waals surface area contributed by atoms with Crippen LogP contribution in [0, 0.1) is 0 Å². The average Bonchev–Trinajstić information content (AvgIpc) is 2.29. The number of aromatic nitrogens is 1. The van der Waals surface area contributed by atoms with Gasteiger partial charge in [-0.1, -0.05) is 6.92 Å². The second-order valence-electron chi connectivity index (χ2n) is 3.22. The SMILES string of the molecule is CCS(=O)(=O)CCNc1ncccc1OC. The summed E-state index contributed by atoms with van der Waals surface area (Å²) in [5, 5.41) is 2.94. The van der Waals surface area contributed by atoms with Crippen LogP contribution in [0.25, 0.3) is 0 Å². The standard InChI is InChI=1S/C10H16N2O3S/c1-3-16(13,14)8-7-12-10-9(15-2)5-4-6-11-10/h4-6H,3,7-8H2,1-2H3,(H,11,12). The smallest absolute Gasteiger partial charge is 0.168 e. The number of ether oxygens (including phenoxy) is 1. The van der Waals surface area contributed by atoms with Gasteiger partial charge in [-0.2, -0.15) is 0 Å². The first-order chi connectivity index (χ1) is 7.59. The van der Waals surface area contributed by atoms with Gasteiger partial charge in [-0.25, -0.2) is 13.4 Å². The Kier molecular flexibility index (Phi) is 4.54. The summed E-state index contributed by atoms with van der Waals surface area (Å²) in [6.45, 7) is 1.97. The number of nitrogens with one attached hydrogen (secondary N) is 1. The van der Waals surface area contributed by atoms with Gasteiger partial charge in [-0.05, 0) is 12.1 Å². The van der Waals surface area contributed by atoms with E-state index >= 15 is 0 Å². The van der Waals surface area contributed by atoms with Gasteiger partial charge in [0.1, 0.15) is 0 Å². The highest BCUT2D eigenvalue weighted by Gasteiger charge is 2.08. The van der Waals surface area contributed by atoms with Crippen LogP contribution in [0.1, 0.15) is 6.92 Å². The van der Waals surface area contributed by atoms with E-state index in [0.717, 1.165) is 0 Å². The van der Waals surface area contributed by atoms with Crippen LogP contribution in [-0.4, -0.2) is 38.6 Å². The predicted octanol–water partition coefficient (Wildman–Crippen LogP) is 0.937. The molecule has 0 aliphatic heterocycles. The number of hydrogen-bond donors (Lipinski definition) is 1. The van der Waals surface area contributed by atoms with E-state index in [1.54, 1.807) is 32.4 Å². The molecule has 1 aromatic rings. The molecule has 0 saturated heterocycles. The first-order valence-electron chi connectivity index (χ1n) is 5.02. The molecular weight excluding hydrogens is 228 g/mol. The van der Waals surface area contributed by atoms with Crippen LogP contribution in [0.3, 0.4) is 0 Å². The molecule has 16 heavy (non-hydrogen) atoms. The maximum Gasteiger partial charge on any atom is 0.168 e. The summed E-state index contributed by atoms with van der Waals surface area (Å²) in [5.41, 5.74) is 0. The first kappa shape index (κ1) is 12.8. The van der Waals surface area contributed by atoms with Gasteiger partial charge in [0.15, 0.2) is 21.4 Å². The summed E-state index contributed by atoms with van der Waals surface area (Å²) in [5.74, 6) is 1.43. The molecule has 0 saturated carbocycles. The lowest BCUT2D eigenvalue weighted by molar-refractivity contribution is 0.415. The first-order valence-corrected chi connectivity index (χ1v) is 6.84. The summed E-state index contributed by atoms with van der Waals surface area (Å²) in [6, 6.07) is 3.52. The molecule has 1 aromatic heterocycles. The topological polar surface area (TPSA) is 68.3 Å². The van der Waals surface area contributed by atoms with E-state index in [1.807, 2.05) is 0 Å². The molecule has 0 unspecified atom stereocenters. The molecule has 0 bridgehead atoms. The van der Waals surface area contributed by atoms with Crippen LogP contribution < -0.4 is 10.1 Å². The lowest BCUT2D eigenvalue weighted by atomic mass is 10.4. The van der Waals surface area contributed by atoms with Crippen molar-refractivity contribution in [2.24, 2.45) is 0 Å². The maximum atomic E-state index is 11.3. The third-order valence-electron chi connectivity index (χ3n) is 2.14. The highest BCUT2D eigenvalue weighted by Crippen LogP contribution is 2.19. The van der Waals surface area contributed by atoms with Crippen molar-refractivity contribution in [1.82, 2.24) is 4.98 Å². The Morgan fingerprint density at radius 1 is 1.50 bits per heavy atom. The van der Waals surface area contributed by atoms with Gasteiger partial charge in [0.05, 0.1) is 12.9 Å². The number of hydrogen-bond acceptors (Lipinski definition) is 5. The molecule has 0 fully saturated rings. The Morgan fingerprint density at radius 2 is 2.25 bits per heavy atom. The van der Waals surface area contributed by atoms with E-state index in [9.17, 15) is 8.42 Å². The Labute approximate surface area is 95.8 Å². The van der Waals surface area contributed by atoms with Crippen molar-refractivity contribution >= 4 is 15.7 Å². The van der Waals surface area contributed by atoms with Gasteiger partial charge in [0.25, 0.3) is 0 Å². The highest BCUT2D eigenvalue weighted by molar-refractivity contribution is 7.91. The molecular formula is C10H16N2O3S. The molecule has 5 nitrogen and oxygen atoms in total. The Hall–Kier alpha value is -1.30. The normalized spacial score (nSPS) is 11.1. The van der Waals surface area contributed by atoms with E-state index in [2.05, 4.69) is 10.3 Å². The third kappa shape index (κ3) is 3.69. The monoisotopic (exact) mass is 244 g/mol. The van der Waals surface area contributed by atoms with E-state index in [1.165, 1.54) is 0 Å². The molecule has 0 radical (unpaired) electrons. The molecule has 0 amide bonds. The van der Waals surface area contributed by atoms with Crippen LogP contribution in [-0.2, 0) is 9.84 Å².